The number of sulfonamides is 1. The third-order valence-corrected chi connectivity index (χ3v) is 4.47. The molecule has 0 saturated carbocycles. The quantitative estimate of drug-likeness (QED) is 0.896. The van der Waals surface area contributed by atoms with Gasteiger partial charge in [-0.05, 0) is 49.4 Å². The van der Waals surface area contributed by atoms with Gasteiger partial charge in [0.1, 0.15) is 5.82 Å². The highest BCUT2D eigenvalue weighted by Crippen LogP contribution is 2.21. The van der Waals surface area contributed by atoms with E-state index in [0.29, 0.717) is 23.6 Å². The molecule has 0 saturated heterocycles. The lowest BCUT2D eigenvalue weighted by Gasteiger charge is -2.13. The van der Waals surface area contributed by atoms with Crippen molar-refractivity contribution in [1.82, 2.24) is 4.72 Å². The van der Waals surface area contributed by atoms with Crippen LogP contribution in [0.3, 0.4) is 0 Å². The van der Waals surface area contributed by atoms with Gasteiger partial charge in [-0.15, -0.1) is 0 Å². The van der Waals surface area contributed by atoms with Crippen LogP contribution in [0.2, 0.25) is 0 Å². The smallest absolute Gasteiger partial charge is 0.211 e. The molecule has 0 heterocycles. The van der Waals surface area contributed by atoms with Crippen LogP contribution in [0.1, 0.15) is 31.4 Å². The van der Waals surface area contributed by atoms with Crippen LogP contribution in [0, 0.1) is 25.6 Å². The molecule has 1 N–H and O–H groups in total. The molecule has 1 rings (SSSR count). The number of benzene rings is 1. The lowest BCUT2D eigenvalue weighted by atomic mass is 10.1. The molecule has 0 aliphatic rings. The number of aryl methyl sites for hydroxylation is 2. The van der Waals surface area contributed by atoms with Crippen LogP contribution in [-0.2, 0) is 10.0 Å². The summed E-state index contributed by atoms with van der Waals surface area (Å²) in [5.41, 5.74) is 0.870. The van der Waals surface area contributed by atoms with Crippen molar-refractivity contribution in [3.8, 4) is 0 Å². The van der Waals surface area contributed by atoms with E-state index in [2.05, 4.69) is 4.72 Å². The molecule has 1 aromatic carbocycles. The van der Waals surface area contributed by atoms with Crippen LogP contribution in [0.5, 0.6) is 0 Å². The summed E-state index contributed by atoms with van der Waals surface area (Å²) >= 11 is 0. The first kappa shape index (κ1) is 15.1. The van der Waals surface area contributed by atoms with E-state index in [1.807, 2.05) is 13.8 Å². The molecule has 3 nitrogen and oxygen atoms in total. The Morgan fingerprint density at radius 1 is 1.22 bits per heavy atom. The molecule has 0 fully saturated rings. The van der Waals surface area contributed by atoms with E-state index in [1.165, 1.54) is 12.1 Å². The zero-order valence-corrected chi connectivity index (χ0v) is 12.1. The molecular formula is C13H20FNO2S. The number of nitrogens with one attached hydrogen (secondary N) is 1. The maximum Gasteiger partial charge on any atom is 0.241 e. The number of hydrogen-bond donors (Lipinski definition) is 1. The number of rotatable bonds is 5. The summed E-state index contributed by atoms with van der Waals surface area (Å²) in [7, 11) is -3.55. The fourth-order valence-electron chi connectivity index (χ4n) is 1.88. The van der Waals surface area contributed by atoms with E-state index in [-0.39, 0.29) is 4.90 Å². The van der Waals surface area contributed by atoms with Gasteiger partial charge in [0.25, 0.3) is 0 Å². The molecule has 0 amide bonds. The first-order chi connectivity index (χ1) is 8.24. The van der Waals surface area contributed by atoms with Crippen molar-refractivity contribution in [1.29, 1.82) is 0 Å². The number of halogens is 1. The average molecular weight is 273 g/mol. The predicted octanol–water partition coefficient (Wildman–Crippen LogP) is 2.77. The highest BCUT2D eigenvalue weighted by molar-refractivity contribution is 7.89. The highest BCUT2D eigenvalue weighted by atomic mass is 32.2. The van der Waals surface area contributed by atoms with Crippen molar-refractivity contribution in [3.63, 3.8) is 0 Å². The van der Waals surface area contributed by atoms with Crippen molar-refractivity contribution >= 4 is 10.0 Å². The monoisotopic (exact) mass is 273 g/mol. The lowest BCUT2D eigenvalue weighted by Crippen LogP contribution is -2.27. The maximum absolute atomic E-state index is 13.1. The maximum atomic E-state index is 13.1. The zero-order chi connectivity index (χ0) is 13.9. The van der Waals surface area contributed by atoms with Gasteiger partial charge in [-0.25, -0.2) is 17.5 Å². The Kier molecular flexibility index (Phi) is 4.87. The predicted molar refractivity (Wildman–Crippen MR) is 70.5 cm³/mol. The van der Waals surface area contributed by atoms with Crippen LogP contribution in [0.15, 0.2) is 17.0 Å². The summed E-state index contributed by atoms with van der Waals surface area (Å²) in [5, 5.41) is 0. The summed E-state index contributed by atoms with van der Waals surface area (Å²) in [4.78, 5) is 0.188. The molecule has 0 spiro atoms. The molecule has 0 aliphatic heterocycles. The second kappa shape index (κ2) is 5.80. The minimum Gasteiger partial charge on any atom is -0.211 e. The Balaban J connectivity index is 2.99. The second-order valence-corrected chi connectivity index (χ2v) is 6.65. The van der Waals surface area contributed by atoms with Crippen LogP contribution in [-0.4, -0.2) is 15.0 Å². The summed E-state index contributed by atoms with van der Waals surface area (Å²) in [6.07, 6.45) is 0.776. The lowest BCUT2D eigenvalue weighted by molar-refractivity contribution is 0.550. The van der Waals surface area contributed by atoms with Crippen molar-refractivity contribution < 1.29 is 12.8 Å². The van der Waals surface area contributed by atoms with Gasteiger partial charge in [0, 0.05) is 6.54 Å². The Bertz CT molecular complexity index is 501. The fraction of sp³-hybridized carbons (Fsp3) is 0.538. The minimum absolute atomic E-state index is 0.188. The SMILES string of the molecule is Cc1cc(F)cc(C)c1S(=O)(=O)NCCC(C)C. The first-order valence-electron chi connectivity index (χ1n) is 6.00. The Morgan fingerprint density at radius 3 is 2.17 bits per heavy atom. The second-order valence-electron chi connectivity index (χ2n) is 4.95. The van der Waals surface area contributed by atoms with Gasteiger partial charge in [-0.1, -0.05) is 13.8 Å². The van der Waals surface area contributed by atoms with E-state index in [4.69, 9.17) is 0 Å². The van der Waals surface area contributed by atoms with Gasteiger partial charge in [-0.3, -0.25) is 0 Å². The summed E-state index contributed by atoms with van der Waals surface area (Å²) in [6.45, 7) is 7.67. The fourth-order valence-corrected chi connectivity index (χ4v) is 3.37. The first-order valence-corrected chi connectivity index (χ1v) is 7.48. The molecule has 18 heavy (non-hydrogen) atoms. The van der Waals surface area contributed by atoms with Gasteiger partial charge in [0.15, 0.2) is 0 Å². The standard InChI is InChI=1S/C13H20FNO2S/c1-9(2)5-6-15-18(16,17)13-10(3)7-12(14)8-11(13)4/h7-9,15H,5-6H2,1-4H3. The normalized spacial score (nSPS) is 12.1. The van der Waals surface area contributed by atoms with E-state index in [0.717, 1.165) is 6.42 Å². The Hall–Kier alpha value is -0.940. The van der Waals surface area contributed by atoms with Crippen molar-refractivity contribution in [2.75, 3.05) is 6.54 Å². The molecule has 0 unspecified atom stereocenters. The largest absolute Gasteiger partial charge is 0.241 e. The molecule has 1 aromatic rings. The number of hydrogen-bond acceptors (Lipinski definition) is 2. The third kappa shape index (κ3) is 3.78. The van der Waals surface area contributed by atoms with Gasteiger partial charge >= 0.3 is 0 Å². The summed E-state index contributed by atoms with van der Waals surface area (Å²) in [5.74, 6) is 0.0224. The van der Waals surface area contributed by atoms with Crippen molar-refractivity contribution in [2.24, 2.45) is 5.92 Å². The van der Waals surface area contributed by atoms with E-state index >= 15 is 0 Å². The van der Waals surface area contributed by atoms with E-state index in [9.17, 15) is 12.8 Å². The molecule has 102 valence electrons. The van der Waals surface area contributed by atoms with Crippen LogP contribution in [0.4, 0.5) is 4.39 Å². The third-order valence-electron chi connectivity index (χ3n) is 2.71. The van der Waals surface area contributed by atoms with Gasteiger partial charge in [0.05, 0.1) is 4.90 Å². The minimum atomic E-state index is -3.55. The van der Waals surface area contributed by atoms with Gasteiger partial charge in [0.2, 0.25) is 10.0 Å². The highest BCUT2D eigenvalue weighted by Gasteiger charge is 2.19. The molecule has 5 heteroatoms. The zero-order valence-electron chi connectivity index (χ0n) is 11.2. The summed E-state index contributed by atoms with van der Waals surface area (Å²) in [6, 6.07) is 2.48. The van der Waals surface area contributed by atoms with Crippen molar-refractivity contribution in [2.45, 2.75) is 39.0 Å². The van der Waals surface area contributed by atoms with Crippen molar-refractivity contribution in [3.05, 3.63) is 29.1 Å². The molecule has 0 bridgehead atoms. The molecule has 0 atom stereocenters. The van der Waals surface area contributed by atoms with Gasteiger partial charge < -0.3 is 0 Å². The summed E-state index contributed by atoms with van der Waals surface area (Å²) < 4.78 is 40.0. The van der Waals surface area contributed by atoms with Crippen LogP contribution in [0.25, 0.3) is 0 Å². The van der Waals surface area contributed by atoms with Gasteiger partial charge in [-0.2, -0.15) is 0 Å². The average Bonchev–Trinajstić information content (AvgIpc) is 2.13. The molecule has 0 aromatic heterocycles. The van der Waals surface area contributed by atoms with Crippen LogP contribution >= 0.6 is 0 Å². The molecule has 0 aliphatic carbocycles. The topological polar surface area (TPSA) is 46.2 Å². The Labute approximate surface area is 108 Å². The molecular weight excluding hydrogens is 253 g/mol. The van der Waals surface area contributed by atoms with Crippen LogP contribution < -0.4 is 4.72 Å². The molecule has 0 radical (unpaired) electrons. The van der Waals surface area contributed by atoms with E-state index < -0.39 is 15.8 Å². The Morgan fingerprint density at radius 2 is 1.72 bits per heavy atom. The van der Waals surface area contributed by atoms with E-state index in [1.54, 1.807) is 13.8 Å².